The van der Waals surface area contributed by atoms with Gasteiger partial charge in [0.15, 0.2) is 0 Å². The lowest BCUT2D eigenvalue weighted by atomic mass is 9.98. The zero-order chi connectivity index (χ0) is 20.1. The van der Waals surface area contributed by atoms with Gasteiger partial charge in [-0.1, -0.05) is 12.0 Å². The summed E-state index contributed by atoms with van der Waals surface area (Å²) in [5.41, 5.74) is 1.64. The van der Waals surface area contributed by atoms with Crippen molar-refractivity contribution in [1.29, 1.82) is 0 Å². The molecule has 1 aliphatic rings. The maximum absolute atomic E-state index is 12.7. The summed E-state index contributed by atoms with van der Waals surface area (Å²) in [5, 5.41) is 3.77. The minimum atomic E-state index is -1.10. The summed E-state index contributed by atoms with van der Waals surface area (Å²) >= 11 is 0. The van der Waals surface area contributed by atoms with Crippen LogP contribution in [0.5, 0.6) is 5.75 Å². The number of aromatic nitrogens is 1. The fraction of sp³-hybridized carbons (Fsp3) is 0.318. The van der Waals surface area contributed by atoms with E-state index in [1.165, 1.54) is 7.11 Å². The fourth-order valence-corrected chi connectivity index (χ4v) is 2.95. The Hall–Kier alpha value is -3.17. The van der Waals surface area contributed by atoms with E-state index >= 15 is 0 Å². The average molecular weight is 377 g/mol. The first-order valence-corrected chi connectivity index (χ1v) is 9.04. The number of carbonyl (C=O) groups excluding carboxylic acids is 1. The number of allylic oxidation sites excluding steroid dienone is 1. The van der Waals surface area contributed by atoms with Crippen molar-refractivity contribution >= 4 is 23.0 Å². The molecule has 1 aromatic carbocycles. The smallest absolute Gasteiger partial charge is 0.290 e. The normalized spacial score (nSPS) is 14.9. The molecule has 0 bridgehead atoms. The SMILES string of the molecule is C#Cc1cnc2ccc(OC(OC)C(=O)NC(C)(C)C3=CCCC=N3)cc2c1. The molecule has 0 saturated heterocycles. The summed E-state index contributed by atoms with van der Waals surface area (Å²) in [6, 6.07) is 7.17. The third kappa shape index (κ3) is 4.38. The quantitative estimate of drug-likeness (QED) is 0.620. The van der Waals surface area contributed by atoms with Gasteiger partial charge in [0.05, 0.1) is 16.8 Å². The lowest BCUT2D eigenvalue weighted by Gasteiger charge is -2.30. The van der Waals surface area contributed by atoms with E-state index in [2.05, 4.69) is 21.2 Å². The predicted octanol–water partition coefficient (Wildman–Crippen LogP) is 3.21. The van der Waals surface area contributed by atoms with Gasteiger partial charge in [-0.2, -0.15) is 0 Å². The lowest BCUT2D eigenvalue weighted by Crippen LogP contribution is -2.51. The molecule has 1 aliphatic heterocycles. The van der Waals surface area contributed by atoms with Crippen LogP contribution in [0.4, 0.5) is 0 Å². The maximum atomic E-state index is 12.7. The molecule has 1 unspecified atom stereocenters. The van der Waals surface area contributed by atoms with Crippen LogP contribution in [-0.4, -0.2) is 36.0 Å². The Labute approximate surface area is 164 Å². The summed E-state index contributed by atoms with van der Waals surface area (Å²) in [6.45, 7) is 3.80. The van der Waals surface area contributed by atoms with Gasteiger partial charge in [0, 0.05) is 30.5 Å². The van der Waals surface area contributed by atoms with Crippen LogP contribution in [0.15, 0.2) is 47.2 Å². The molecule has 6 nitrogen and oxygen atoms in total. The minimum absolute atomic E-state index is 0.384. The first-order valence-electron chi connectivity index (χ1n) is 9.04. The van der Waals surface area contributed by atoms with Crippen molar-refractivity contribution in [3.63, 3.8) is 0 Å². The molecule has 0 radical (unpaired) electrons. The molecule has 0 spiro atoms. The van der Waals surface area contributed by atoms with Gasteiger partial charge in [0.1, 0.15) is 5.75 Å². The molecule has 1 aromatic heterocycles. The number of hydrogen-bond donors (Lipinski definition) is 1. The number of aliphatic imine (C=N–C) groups is 1. The minimum Gasteiger partial charge on any atom is -0.455 e. The topological polar surface area (TPSA) is 72.8 Å². The van der Waals surface area contributed by atoms with Crippen LogP contribution in [0.3, 0.4) is 0 Å². The summed E-state index contributed by atoms with van der Waals surface area (Å²) in [5.74, 6) is 2.66. The Morgan fingerprint density at radius 1 is 1.32 bits per heavy atom. The second-order valence-corrected chi connectivity index (χ2v) is 7.00. The van der Waals surface area contributed by atoms with E-state index in [1.54, 1.807) is 24.4 Å². The lowest BCUT2D eigenvalue weighted by molar-refractivity contribution is -0.149. The van der Waals surface area contributed by atoms with Gasteiger partial charge in [0.2, 0.25) is 0 Å². The van der Waals surface area contributed by atoms with Crippen LogP contribution in [0.2, 0.25) is 0 Å². The van der Waals surface area contributed by atoms with E-state index in [4.69, 9.17) is 15.9 Å². The number of methoxy groups -OCH3 is 1. The van der Waals surface area contributed by atoms with E-state index < -0.39 is 11.8 Å². The molecule has 28 heavy (non-hydrogen) atoms. The molecule has 0 saturated carbocycles. The maximum Gasteiger partial charge on any atom is 0.290 e. The Morgan fingerprint density at radius 3 is 2.82 bits per heavy atom. The molecule has 1 N–H and O–H groups in total. The van der Waals surface area contributed by atoms with Crippen molar-refractivity contribution in [2.24, 2.45) is 4.99 Å². The van der Waals surface area contributed by atoms with E-state index in [1.807, 2.05) is 32.2 Å². The molecule has 1 amide bonds. The van der Waals surface area contributed by atoms with Crippen molar-refractivity contribution in [2.45, 2.75) is 38.5 Å². The number of pyridine rings is 1. The van der Waals surface area contributed by atoms with Crippen LogP contribution >= 0.6 is 0 Å². The van der Waals surface area contributed by atoms with Crippen molar-refractivity contribution in [3.8, 4) is 18.1 Å². The van der Waals surface area contributed by atoms with Crippen molar-refractivity contribution in [1.82, 2.24) is 10.3 Å². The summed E-state index contributed by atoms with van der Waals surface area (Å²) in [4.78, 5) is 21.4. The third-order valence-corrected chi connectivity index (χ3v) is 4.43. The average Bonchev–Trinajstić information content (AvgIpc) is 2.71. The molecule has 144 valence electrons. The summed E-state index contributed by atoms with van der Waals surface area (Å²) < 4.78 is 11.0. The number of fused-ring (bicyclic) bond motifs is 1. The molecule has 6 heteroatoms. The van der Waals surface area contributed by atoms with Gasteiger partial charge in [-0.15, -0.1) is 6.42 Å². The Kier molecular flexibility index (Phi) is 5.76. The van der Waals surface area contributed by atoms with Gasteiger partial charge in [-0.25, -0.2) is 0 Å². The van der Waals surface area contributed by atoms with Crippen LogP contribution in [0.25, 0.3) is 10.9 Å². The van der Waals surface area contributed by atoms with Crippen LogP contribution in [0.1, 0.15) is 32.3 Å². The van der Waals surface area contributed by atoms with Gasteiger partial charge < -0.3 is 14.8 Å². The first kappa shape index (κ1) is 19.6. The molecule has 0 aliphatic carbocycles. The van der Waals surface area contributed by atoms with E-state index in [0.717, 1.165) is 29.4 Å². The third-order valence-electron chi connectivity index (χ3n) is 4.43. The summed E-state index contributed by atoms with van der Waals surface area (Å²) in [6.07, 6.45) is 11.7. The van der Waals surface area contributed by atoms with Gasteiger partial charge in [-0.05, 0) is 51.0 Å². The fourth-order valence-electron chi connectivity index (χ4n) is 2.95. The van der Waals surface area contributed by atoms with Crippen LogP contribution in [-0.2, 0) is 9.53 Å². The Balaban J connectivity index is 1.75. The number of amides is 1. The van der Waals surface area contributed by atoms with Gasteiger partial charge >= 0.3 is 0 Å². The first-order chi connectivity index (χ1) is 13.4. The Morgan fingerprint density at radius 2 is 2.14 bits per heavy atom. The van der Waals surface area contributed by atoms with E-state index in [0.29, 0.717) is 11.3 Å². The molecule has 2 aromatic rings. The van der Waals surface area contributed by atoms with Crippen molar-refractivity contribution < 1.29 is 14.3 Å². The zero-order valence-corrected chi connectivity index (χ0v) is 16.2. The predicted molar refractivity (Wildman–Crippen MR) is 109 cm³/mol. The zero-order valence-electron chi connectivity index (χ0n) is 16.2. The number of rotatable bonds is 6. The number of nitrogens with one attached hydrogen (secondary N) is 1. The molecule has 1 atom stereocenters. The highest BCUT2D eigenvalue weighted by Crippen LogP contribution is 2.23. The molecule has 2 heterocycles. The molecule has 0 fully saturated rings. The second kappa shape index (κ2) is 8.24. The largest absolute Gasteiger partial charge is 0.455 e. The van der Waals surface area contributed by atoms with Gasteiger partial charge in [0.25, 0.3) is 12.2 Å². The number of nitrogens with zero attached hydrogens (tertiary/aromatic N) is 2. The highest BCUT2D eigenvalue weighted by molar-refractivity contribution is 5.83. The number of terminal acetylenes is 1. The standard InChI is InChI=1S/C22H23N3O3/c1-5-15-12-16-13-17(9-10-18(16)24-14-15)28-21(27-4)20(26)25-22(2,3)19-8-6-7-11-23-19/h1,8-14,21H,6-7H2,2-4H3,(H,25,26). The molecule has 3 rings (SSSR count). The molecular formula is C22H23N3O3. The summed E-state index contributed by atoms with van der Waals surface area (Å²) in [7, 11) is 1.42. The number of carbonyl (C=O) groups is 1. The van der Waals surface area contributed by atoms with Crippen LogP contribution in [0, 0.1) is 12.3 Å². The second-order valence-electron chi connectivity index (χ2n) is 7.00. The number of ether oxygens (including phenoxy) is 2. The number of benzene rings is 1. The Bertz CT molecular complexity index is 986. The van der Waals surface area contributed by atoms with E-state index in [9.17, 15) is 4.79 Å². The van der Waals surface area contributed by atoms with Crippen molar-refractivity contribution in [2.75, 3.05) is 7.11 Å². The van der Waals surface area contributed by atoms with Gasteiger partial charge in [-0.3, -0.25) is 14.8 Å². The monoisotopic (exact) mass is 377 g/mol. The molecular weight excluding hydrogens is 354 g/mol. The highest BCUT2D eigenvalue weighted by atomic mass is 16.7. The van der Waals surface area contributed by atoms with Crippen LogP contribution < -0.4 is 10.1 Å². The number of hydrogen-bond acceptors (Lipinski definition) is 5. The van der Waals surface area contributed by atoms with E-state index in [-0.39, 0.29) is 5.91 Å². The highest BCUT2D eigenvalue weighted by Gasteiger charge is 2.30. The van der Waals surface area contributed by atoms with Crippen molar-refractivity contribution in [3.05, 3.63) is 47.8 Å².